The Kier molecular flexibility index (Phi) is 5.78. The molecule has 5 aromatic rings. The van der Waals surface area contributed by atoms with Crippen molar-refractivity contribution in [3.05, 3.63) is 101 Å². The molecule has 0 bridgehead atoms. The monoisotopic (exact) mass is 453 g/mol. The molecule has 0 radical (unpaired) electrons. The van der Waals surface area contributed by atoms with E-state index in [2.05, 4.69) is 15.5 Å². The van der Waals surface area contributed by atoms with E-state index in [-0.39, 0.29) is 17.9 Å². The van der Waals surface area contributed by atoms with E-state index in [0.29, 0.717) is 41.4 Å². The number of ether oxygens (including phenoxy) is 1. The van der Waals surface area contributed by atoms with Crippen LogP contribution >= 0.6 is 0 Å². The number of nitrogens with one attached hydrogen (secondary N) is 1. The van der Waals surface area contributed by atoms with E-state index in [4.69, 9.17) is 4.74 Å². The molecule has 0 unspecified atom stereocenters. The molecule has 0 saturated carbocycles. The average molecular weight is 454 g/mol. The minimum Gasteiger partial charge on any atom is -0.497 e. The zero-order valence-electron chi connectivity index (χ0n) is 18.6. The summed E-state index contributed by atoms with van der Waals surface area (Å²) in [5.41, 5.74) is 2.25. The van der Waals surface area contributed by atoms with Crippen molar-refractivity contribution in [3.8, 4) is 5.75 Å². The van der Waals surface area contributed by atoms with Crippen molar-refractivity contribution in [2.24, 2.45) is 0 Å². The van der Waals surface area contributed by atoms with Gasteiger partial charge in [-0.1, -0.05) is 48.5 Å². The van der Waals surface area contributed by atoms with Crippen molar-refractivity contribution >= 4 is 28.3 Å². The third-order valence-corrected chi connectivity index (χ3v) is 5.69. The summed E-state index contributed by atoms with van der Waals surface area (Å²) in [6.45, 7) is 0.377. The predicted molar refractivity (Wildman–Crippen MR) is 130 cm³/mol. The van der Waals surface area contributed by atoms with Crippen LogP contribution in [0.25, 0.3) is 16.7 Å². The van der Waals surface area contributed by atoms with E-state index < -0.39 is 0 Å². The van der Waals surface area contributed by atoms with Crippen LogP contribution in [0.15, 0.2) is 83.7 Å². The number of methoxy groups -OCH3 is 1. The summed E-state index contributed by atoms with van der Waals surface area (Å²) in [6.07, 6.45) is 0.578. The van der Waals surface area contributed by atoms with E-state index in [1.54, 1.807) is 23.8 Å². The van der Waals surface area contributed by atoms with Gasteiger partial charge in [0.15, 0.2) is 0 Å². The van der Waals surface area contributed by atoms with E-state index in [0.717, 1.165) is 11.1 Å². The van der Waals surface area contributed by atoms with E-state index in [1.165, 1.54) is 0 Å². The Hall–Kier alpha value is -4.46. The minimum atomic E-state index is -0.146. The third-order valence-electron chi connectivity index (χ3n) is 5.69. The average Bonchev–Trinajstić information content (AvgIpc) is 3.30. The first kappa shape index (κ1) is 21.4. The van der Waals surface area contributed by atoms with Crippen LogP contribution in [-0.4, -0.2) is 32.2 Å². The zero-order valence-corrected chi connectivity index (χ0v) is 18.6. The van der Waals surface area contributed by atoms with Crippen LogP contribution in [0.4, 0.5) is 5.69 Å². The molecule has 0 aliphatic heterocycles. The van der Waals surface area contributed by atoms with E-state index in [1.807, 2.05) is 71.1 Å². The summed E-state index contributed by atoms with van der Waals surface area (Å²) in [6, 6.07) is 24.4. The number of fused-ring (bicyclic) bond motifs is 3. The molecular formula is C26H23N5O3. The van der Waals surface area contributed by atoms with Crippen molar-refractivity contribution in [1.82, 2.24) is 19.2 Å². The summed E-state index contributed by atoms with van der Waals surface area (Å²) in [4.78, 5) is 25.9. The van der Waals surface area contributed by atoms with Crippen LogP contribution < -0.4 is 15.6 Å². The third kappa shape index (κ3) is 4.13. The van der Waals surface area contributed by atoms with Gasteiger partial charge in [-0.2, -0.15) is 0 Å². The quantitative estimate of drug-likeness (QED) is 0.406. The second-order valence-electron chi connectivity index (χ2n) is 7.93. The fourth-order valence-corrected chi connectivity index (χ4v) is 4.03. The second-order valence-corrected chi connectivity index (χ2v) is 7.93. The summed E-state index contributed by atoms with van der Waals surface area (Å²) >= 11 is 0. The molecule has 0 saturated heterocycles. The molecule has 1 N–H and O–H groups in total. The molecular weight excluding hydrogens is 430 g/mol. The molecule has 3 aromatic carbocycles. The van der Waals surface area contributed by atoms with Gasteiger partial charge in [0.2, 0.25) is 11.7 Å². The van der Waals surface area contributed by atoms with Gasteiger partial charge in [-0.15, -0.1) is 10.2 Å². The van der Waals surface area contributed by atoms with Crippen LogP contribution in [0.2, 0.25) is 0 Å². The van der Waals surface area contributed by atoms with Gasteiger partial charge in [0.25, 0.3) is 5.56 Å². The lowest BCUT2D eigenvalue weighted by atomic mass is 10.2. The predicted octanol–water partition coefficient (Wildman–Crippen LogP) is 3.67. The first-order chi connectivity index (χ1) is 16.6. The lowest BCUT2D eigenvalue weighted by Crippen LogP contribution is -2.24. The molecule has 5 rings (SSSR count). The molecule has 0 aliphatic rings. The number of aromatic nitrogens is 4. The molecule has 2 aromatic heterocycles. The van der Waals surface area contributed by atoms with Gasteiger partial charge >= 0.3 is 0 Å². The number of aryl methyl sites for hydroxylation is 1. The van der Waals surface area contributed by atoms with Crippen LogP contribution in [0.3, 0.4) is 0 Å². The number of carbonyl (C=O) groups excluding carboxylic acids is 1. The number of hydrogen-bond acceptors (Lipinski definition) is 5. The van der Waals surface area contributed by atoms with Gasteiger partial charge in [0, 0.05) is 24.6 Å². The van der Waals surface area contributed by atoms with Crippen LogP contribution in [0, 0.1) is 0 Å². The smallest absolute Gasteiger partial charge is 0.263 e. The fourth-order valence-electron chi connectivity index (χ4n) is 4.03. The lowest BCUT2D eigenvalue weighted by molar-refractivity contribution is -0.116. The van der Waals surface area contributed by atoms with Gasteiger partial charge in [0.05, 0.1) is 24.6 Å². The van der Waals surface area contributed by atoms with Crippen molar-refractivity contribution in [2.75, 3.05) is 12.4 Å². The zero-order chi connectivity index (χ0) is 23.5. The second kappa shape index (κ2) is 9.19. The Labute approximate surface area is 195 Å². The summed E-state index contributed by atoms with van der Waals surface area (Å²) in [5.74, 6) is 1.60. The topological polar surface area (TPSA) is 90.5 Å². The highest BCUT2D eigenvalue weighted by Crippen LogP contribution is 2.19. The first-order valence-corrected chi connectivity index (χ1v) is 11.0. The molecule has 170 valence electrons. The Morgan fingerprint density at radius 1 is 0.971 bits per heavy atom. The fraction of sp³-hybridized carbons (Fsp3) is 0.154. The maximum Gasteiger partial charge on any atom is 0.263 e. The summed E-state index contributed by atoms with van der Waals surface area (Å²) in [7, 11) is 1.58. The highest BCUT2D eigenvalue weighted by atomic mass is 16.5. The Balaban J connectivity index is 1.47. The van der Waals surface area contributed by atoms with Crippen molar-refractivity contribution in [3.63, 3.8) is 0 Å². The van der Waals surface area contributed by atoms with Crippen LogP contribution in [-0.2, 0) is 17.8 Å². The Bertz CT molecular complexity index is 1540. The highest BCUT2D eigenvalue weighted by molar-refractivity contribution is 5.91. The number of nitrogens with zero attached hydrogens (tertiary/aromatic N) is 4. The van der Waals surface area contributed by atoms with Crippen molar-refractivity contribution < 1.29 is 9.53 Å². The number of hydrogen-bond donors (Lipinski definition) is 1. The number of rotatable bonds is 7. The SMILES string of the molecule is COc1cccc(NC(=O)CCc2nnc3n(Cc4ccccc4)c(=O)c4ccccc4n23)c1. The van der Waals surface area contributed by atoms with Gasteiger partial charge in [0.1, 0.15) is 11.6 Å². The maximum absolute atomic E-state index is 13.3. The van der Waals surface area contributed by atoms with Gasteiger partial charge < -0.3 is 10.1 Å². The largest absolute Gasteiger partial charge is 0.497 e. The molecule has 0 atom stereocenters. The number of benzene rings is 3. The van der Waals surface area contributed by atoms with Crippen molar-refractivity contribution in [1.29, 1.82) is 0 Å². The number of amides is 1. The first-order valence-electron chi connectivity index (χ1n) is 11.0. The molecule has 8 heteroatoms. The molecule has 0 spiro atoms. The normalized spacial score (nSPS) is 11.1. The maximum atomic E-state index is 13.3. The number of para-hydroxylation sites is 1. The van der Waals surface area contributed by atoms with Gasteiger partial charge in [-0.3, -0.25) is 18.6 Å². The summed E-state index contributed by atoms with van der Waals surface area (Å²) in [5, 5.41) is 12.1. The number of anilines is 1. The van der Waals surface area contributed by atoms with Crippen molar-refractivity contribution in [2.45, 2.75) is 19.4 Å². The van der Waals surface area contributed by atoms with Gasteiger partial charge in [-0.05, 0) is 29.8 Å². The molecule has 8 nitrogen and oxygen atoms in total. The lowest BCUT2D eigenvalue weighted by Gasteiger charge is -2.11. The molecule has 2 heterocycles. The van der Waals surface area contributed by atoms with E-state index in [9.17, 15) is 9.59 Å². The molecule has 0 fully saturated rings. The Morgan fingerprint density at radius 3 is 2.59 bits per heavy atom. The highest BCUT2D eigenvalue weighted by Gasteiger charge is 2.17. The molecule has 0 aliphatic carbocycles. The van der Waals surface area contributed by atoms with Crippen LogP contribution in [0.5, 0.6) is 5.75 Å². The molecule has 34 heavy (non-hydrogen) atoms. The van der Waals surface area contributed by atoms with Crippen LogP contribution in [0.1, 0.15) is 17.8 Å². The minimum absolute atomic E-state index is 0.123. The van der Waals surface area contributed by atoms with E-state index >= 15 is 0 Å². The number of carbonyl (C=O) groups is 1. The Morgan fingerprint density at radius 2 is 1.76 bits per heavy atom. The summed E-state index contributed by atoms with van der Waals surface area (Å²) < 4.78 is 8.71. The standard InChI is InChI=1S/C26H23N5O3/c1-34-20-11-7-10-19(16-20)27-24(32)15-14-23-28-29-26-30(17-18-8-3-2-4-9-18)25(33)21-12-5-6-13-22(21)31(23)26/h2-13,16H,14-15,17H2,1H3,(H,27,32). The van der Waals surface area contributed by atoms with Gasteiger partial charge in [-0.25, -0.2) is 0 Å². The molecule has 1 amide bonds.